The van der Waals surface area contributed by atoms with Gasteiger partial charge in [0.1, 0.15) is 12.4 Å². The van der Waals surface area contributed by atoms with Crippen LogP contribution in [0.1, 0.15) is 72.0 Å². The highest BCUT2D eigenvalue weighted by atomic mass is 19.1. The van der Waals surface area contributed by atoms with E-state index in [1.165, 1.54) is 6.07 Å². The maximum atomic E-state index is 14.8. The molecule has 5 rings (SSSR count). The smallest absolute Gasteiger partial charge is 0.293 e. The van der Waals surface area contributed by atoms with Crippen LogP contribution in [0.15, 0.2) is 16.9 Å². The lowest BCUT2D eigenvalue weighted by molar-refractivity contribution is -0.129. The highest BCUT2D eigenvalue weighted by Crippen LogP contribution is 2.44. The molecular formula is C25H25BFN3O3. The number of carbonyl (C=O) groups excluding carboxylic acids is 1. The zero-order valence-electron chi connectivity index (χ0n) is 19.0. The van der Waals surface area contributed by atoms with Crippen molar-refractivity contribution in [2.24, 2.45) is 0 Å². The first-order valence-electron chi connectivity index (χ1n) is 11.3. The van der Waals surface area contributed by atoms with Crippen LogP contribution in [0.3, 0.4) is 0 Å². The van der Waals surface area contributed by atoms with Gasteiger partial charge in [0.25, 0.3) is 12.0 Å². The Kier molecular flexibility index (Phi) is 5.36. The van der Waals surface area contributed by atoms with Crippen LogP contribution in [0.4, 0.5) is 4.39 Å². The van der Waals surface area contributed by atoms with Gasteiger partial charge in [-0.25, -0.2) is 9.37 Å². The van der Waals surface area contributed by atoms with Gasteiger partial charge in [-0.05, 0) is 60.4 Å². The minimum atomic E-state index is -0.271. The van der Waals surface area contributed by atoms with Crippen molar-refractivity contribution in [1.29, 1.82) is 0 Å². The van der Waals surface area contributed by atoms with Crippen LogP contribution in [-0.2, 0) is 29.1 Å². The number of carbonyl (C=O) groups is 1. The topological polar surface area (TPSA) is 73.2 Å². The van der Waals surface area contributed by atoms with E-state index in [2.05, 4.69) is 5.23 Å². The second kappa shape index (κ2) is 8.10. The Balaban J connectivity index is 1.83. The Morgan fingerprint density at radius 2 is 2.18 bits per heavy atom. The first-order valence-corrected chi connectivity index (χ1v) is 11.3. The molecule has 33 heavy (non-hydrogen) atoms. The molecule has 168 valence electrons. The van der Waals surface area contributed by atoms with E-state index in [0.29, 0.717) is 47.5 Å². The normalized spacial score (nSPS) is 17.0. The van der Waals surface area contributed by atoms with Gasteiger partial charge in [-0.1, -0.05) is 13.8 Å². The molecule has 1 aliphatic carbocycles. The Hall–Kier alpha value is -3.00. The van der Waals surface area contributed by atoms with Crippen LogP contribution in [0.2, 0.25) is 0 Å². The predicted octanol–water partition coefficient (Wildman–Crippen LogP) is 3.72. The molecule has 0 spiro atoms. The Labute approximate surface area is 192 Å². The summed E-state index contributed by atoms with van der Waals surface area (Å²) >= 11 is 0. The van der Waals surface area contributed by atoms with E-state index in [9.17, 15) is 14.0 Å². The number of hydrogen-bond donors (Lipinski definition) is 1. The number of ether oxygens (including phenoxy) is 1. The van der Waals surface area contributed by atoms with Crippen LogP contribution in [-0.4, -0.2) is 24.0 Å². The first kappa shape index (κ1) is 21.8. The zero-order chi connectivity index (χ0) is 23.4. The molecule has 3 aromatic rings. The summed E-state index contributed by atoms with van der Waals surface area (Å²) in [4.78, 5) is 29.3. The third-order valence-corrected chi connectivity index (χ3v) is 7.41. The van der Waals surface area contributed by atoms with Gasteiger partial charge in [-0.3, -0.25) is 9.59 Å². The molecule has 1 N–H and O–H groups in total. The van der Waals surface area contributed by atoms with Gasteiger partial charge in [-0.2, -0.15) is 0 Å². The summed E-state index contributed by atoms with van der Waals surface area (Å²) in [6, 6.07) is 3.35. The van der Waals surface area contributed by atoms with E-state index in [4.69, 9.17) is 17.7 Å². The molecule has 2 atom stereocenters. The number of nitrogens with one attached hydrogen (secondary N) is 1. The van der Waals surface area contributed by atoms with Crippen molar-refractivity contribution in [3.8, 4) is 11.4 Å². The molecule has 0 saturated heterocycles. The number of halogens is 1. The molecule has 2 aliphatic rings. The second-order valence-corrected chi connectivity index (χ2v) is 9.04. The minimum absolute atomic E-state index is 0.0670. The molecule has 1 aliphatic heterocycles. The van der Waals surface area contributed by atoms with Crippen LogP contribution < -0.4 is 10.8 Å². The fourth-order valence-corrected chi connectivity index (χ4v) is 5.45. The molecular weight excluding hydrogens is 420 g/mol. The zero-order valence-corrected chi connectivity index (χ0v) is 19.0. The minimum Gasteiger partial charge on any atom is -0.463 e. The maximum absolute atomic E-state index is 14.8. The van der Waals surface area contributed by atoms with E-state index in [1.807, 2.05) is 19.9 Å². The van der Waals surface area contributed by atoms with E-state index in [-0.39, 0.29) is 29.9 Å². The lowest BCUT2D eigenvalue weighted by atomic mass is 9.81. The standard InChI is InChI=1S/C25H25BFN3O3/c1-4-12(2)15-7-21-24-16(9-30(21)25(32)17(15)10-33-11-31)23-19(29-26)6-5-14-13(3)18(27)8-20(28-24)22(14)23/h7-8,11-12,19,29H,4-6,9-10H2,1-3H3. The number of pyridine rings is 2. The SMILES string of the molecule is [B]NC1CCc2c(C)c(F)cc3nc4c(c1c23)Cn1c-4cc(C(C)CC)c(COC=O)c1=O. The summed E-state index contributed by atoms with van der Waals surface area (Å²) < 4.78 is 21.4. The number of rotatable bonds is 6. The third kappa shape index (κ3) is 3.15. The summed E-state index contributed by atoms with van der Waals surface area (Å²) in [5.74, 6) is -0.172. The summed E-state index contributed by atoms with van der Waals surface area (Å²) in [7, 11) is 5.93. The van der Waals surface area contributed by atoms with Crippen LogP contribution in [0, 0.1) is 12.7 Å². The lowest BCUT2D eigenvalue weighted by Crippen LogP contribution is -2.27. The van der Waals surface area contributed by atoms with E-state index in [1.54, 1.807) is 11.5 Å². The number of nitrogens with zero attached hydrogens (tertiary/aromatic N) is 2. The van der Waals surface area contributed by atoms with Gasteiger partial charge >= 0.3 is 0 Å². The number of aryl methyl sites for hydroxylation is 1. The first-order chi connectivity index (χ1) is 15.9. The van der Waals surface area contributed by atoms with Crippen molar-refractivity contribution in [3.63, 3.8) is 0 Å². The van der Waals surface area contributed by atoms with Crippen LogP contribution in [0.25, 0.3) is 22.3 Å². The highest BCUT2D eigenvalue weighted by Gasteiger charge is 2.34. The van der Waals surface area contributed by atoms with Crippen molar-refractivity contribution in [2.45, 2.75) is 65.1 Å². The number of aromatic nitrogens is 2. The van der Waals surface area contributed by atoms with Gasteiger partial charge in [0, 0.05) is 23.1 Å². The Bertz CT molecular complexity index is 1370. The van der Waals surface area contributed by atoms with E-state index in [0.717, 1.165) is 40.5 Å². The predicted molar refractivity (Wildman–Crippen MR) is 125 cm³/mol. The van der Waals surface area contributed by atoms with E-state index >= 15 is 0 Å². The second-order valence-electron chi connectivity index (χ2n) is 9.04. The highest BCUT2D eigenvalue weighted by molar-refractivity contribution is 6.05. The molecule has 2 aromatic heterocycles. The molecule has 0 bridgehead atoms. The van der Waals surface area contributed by atoms with Gasteiger partial charge in [0.2, 0.25) is 0 Å². The van der Waals surface area contributed by atoms with Crippen molar-refractivity contribution in [2.75, 3.05) is 0 Å². The maximum Gasteiger partial charge on any atom is 0.293 e. The molecule has 8 heteroatoms. The Morgan fingerprint density at radius 3 is 2.88 bits per heavy atom. The van der Waals surface area contributed by atoms with Crippen LogP contribution >= 0.6 is 0 Å². The molecule has 0 amide bonds. The fourth-order valence-electron chi connectivity index (χ4n) is 5.45. The summed E-state index contributed by atoms with van der Waals surface area (Å²) in [5.41, 5.74) is 6.69. The van der Waals surface area contributed by atoms with Crippen molar-refractivity contribution in [3.05, 3.63) is 61.7 Å². The molecule has 3 heterocycles. The quantitative estimate of drug-likeness (QED) is 0.362. The molecule has 6 nitrogen and oxygen atoms in total. The van der Waals surface area contributed by atoms with E-state index < -0.39 is 0 Å². The largest absolute Gasteiger partial charge is 0.463 e. The number of hydrogen-bond acceptors (Lipinski definition) is 5. The monoisotopic (exact) mass is 445 g/mol. The third-order valence-electron chi connectivity index (χ3n) is 7.41. The average Bonchev–Trinajstić information content (AvgIpc) is 3.19. The van der Waals surface area contributed by atoms with Gasteiger partial charge < -0.3 is 14.5 Å². The van der Waals surface area contributed by atoms with Gasteiger partial charge in [-0.15, -0.1) is 0 Å². The molecule has 0 saturated carbocycles. The fraction of sp³-hybridized carbons (Fsp3) is 0.400. The van der Waals surface area contributed by atoms with Crippen LogP contribution in [0.5, 0.6) is 0 Å². The van der Waals surface area contributed by atoms with Crippen molar-refractivity contribution >= 4 is 25.4 Å². The van der Waals surface area contributed by atoms with Gasteiger partial charge in [0.15, 0.2) is 7.98 Å². The van der Waals surface area contributed by atoms with Gasteiger partial charge in [0.05, 0.1) is 29.0 Å². The van der Waals surface area contributed by atoms with Crippen molar-refractivity contribution in [1.82, 2.24) is 14.8 Å². The molecule has 1 aromatic carbocycles. The molecule has 0 fully saturated rings. The summed E-state index contributed by atoms with van der Waals surface area (Å²) in [6.07, 6.45) is 2.27. The van der Waals surface area contributed by atoms with Crippen molar-refractivity contribution < 1.29 is 13.9 Å². The summed E-state index contributed by atoms with van der Waals surface area (Å²) in [6.45, 7) is 6.54. The average molecular weight is 445 g/mol. The lowest BCUT2D eigenvalue weighted by Gasteiger charge is -2.29. The number of benzene rings is 1. The molecule has 2 radical (unpaired) electrons. The summed E-state index contributed by atoms with van der Waals surface area (Å²) in [5, 5.41) is 3.86. The molecule has 2 unspecified atom stereocenters. The number of fused-ring (bicyclic) bond motifs is 4. The Morgan fingerprint density at radius 1 is 1.39 bits per heavy atom.